The Hall–Kier alpha value is -2.77. The summed E-state index contributed by atoms with van der Waals surface area (Å²) in [5.41, 5.74) is 3.85. The summed E-state index contributed by atoms with van der Waals surface area (Å²) in [4.78, 5) is 11.6. The molecule has 0 bridgehead atoms. The van der Waals surface area contributed by atoms with Gasteiger partial charge in [0, 0.05) is 44.0 Å². The highest BCUT2D eigenvalue weighted by atomic mass is 16.5. The lowest BCUT2D eigenvalue weighted by atomic mass is 10.2. The lowest BCUT2D eigenvalue weighted by molar-refractivity contribution is 0.0382. The maximum absolute atomic E-state index is 5.40. The molecule has 3 aromatic rings. The Morgan fingerprint density at radius 1 is 1.11 bits per heavy atom. The fourth-order valence-corrected chi connectivity index (χ4v) is 3.33. The van der Waals surface area contributed by atoms with Gasteiger partial charge in [0.05, 0.1) is 37.4 Å². The van der Waals surface area contributed by atoms with E-state index in [2.05, 4.69) is 15.0 Å². The molecule has 0 aliphatic carbocycles. The van der Waals surface area contributed by atoms with E-state index in [9.17, 15) is 0 Å². The zero-order valence-electron chi connectivity index (χ0n) is 16.3. The molecule has 0 atom stereocenters. The fraction of sp³-hybridized carbons (Fsp3) is 0.381. The quantitative estimate of drug-likeness (QED) is 0.656. The predicted molar refractivity (Wildman–Crippen MR) is 107 cm³/mol. The van der Waals surface area contributed by atoms with Crippen LogP contribution in [0.4, 0.5) is 0 Å². The first kappa shape index (κ1) is 18.6. The van der Waals surface area contributed by atoms with E-state index in [1.54, 1.807) is 7.11 Å². The van der Waals surface area contributed by atoms with Crippen molar-refractivity contribution in [1.82, 2.24) is 24.6 Å². The molecular formula is C21H25N5O2. The van der Waals surface area contributed by atoms with E-state index in [-0.39, 0.29) is 0 Å². The smallest absolute Gasteiger partial charge is 0.130 e. The van der Waals surface area contributed by atoms with E-state index in [1.165, 1.54) is 0 Å². The molecule has 3 heterocycles. The average Bonchev–Trinajstić information content (AvgIpc) is 3.15. The van der Waals surface area contributed by atoms with Gasteiger partial charge in [-0.05, 0) is 37.3 Å². The third-order valence-electron chi connectivity index (χ3n) is 4.97. The Kier molecular flexibility index (Phi) is 5.64. The Labute approximate surface area is 164 Å². The van der Waals surface area contributed by atoms with Gasteiger partial charge in [-0.15, -0.1) is 0 Å². The largest absolute Gasteiger partial charge is 0.497 e. The molecule has 0 spiro atoms. The number of benzene rings is 1. The van der Waals surface area contributed by atoms with Crippen molar-refractivity contribution in [3.63, 3.8) is 0 Å². The van der Waals surface area contributed by atoms with Crippen LogP contribution in [-0.2, 0) is 11.2 Å². The lowest BCUT2D eigenvalue weighted by Crippen LogP contribution is -2.37. The minimum Gasteiger partial charge on any atom is -0.497 e. The van der Waals surface area contributed by atoms with Crippen molar-refractivity contribution in [2.45, 2.75) is 13.3 Å². The van der Waals surface area contributed by atoms with Crippen LogP contribution in [0.3, 0.4) is 0 Å². The lowest BCUT2D eigenvalue weighted by Gasteiger charge is -2.26. The van der Waals surface area contributed by atoms with Crippen molar-refractivity contribution >= 4 is 0 Å². The number of ether oxygens (including phenoxy) is 2. The van der Waals surface area contributed by atoms with Gasteiger partial charge < -0.3 is 9.47 Å². The van der Waals surface area contributed by atoms with Crippen LogP contribution in [0.2, 0.25) is 0 Å². The van der Waals surface area contributed by atoms with Crippen LogP contribution >= 0.6 is 0 Å². The zero-order chi connectivity index (χ0) is 19.3. The van der Waals surface area contributed by atoms with Crippen LogP contribution in [-0.4, -0.2) is 64.6 Å². The van der Waals surface area contributed by atoms with Crippen LogP contribution in [0.1, 0.15) is 11.5 Å². The minimum atomic E-state index is 0.810. The van der Waals surface area contributed by atoms with Crippen LogP contribution < -0.4 is 4.74 Å². The molecule has 4 rings (SSSR count). The van der Waals surface area contributed by atoms with Gasteiger partial charge in [0.2, 0.25) is 0 Å². The summed E-state index contributed by atoms with van der Waals surface area (Å²) in [6, 6.07) is 9.78. The molecule has 2 aromatic heterocycles. The molecule has 1 saturated heterocycles. The van der Waals surface area contributed by atoms with Gasteiger partial charge in [-0.1, -0.05) is 0 Å². The highest BCUT2D eigenvalue weighted by molar-refractivity contribution is 5.61. The number of aryl methyl sites for hydroxylation is 1. The van der Waals surface area contributed by atoms with E-state index in [0.29, 0.717) is 0 Å². The predicted octanol–water partition coefficient (Wildman–Crippen LogP) is 2.52. The van der Waals surface area contributed by atoms with Crippen molar-refractivity contribution < 1.29 is 9.47 Å². The number of aromatic nitrogens is 4. The number of methoxy groups -OCH3 is 1. The van der Waals surface area contributed by atoms with Crippen molar-refractivity contribution in [2.24, 2.45) is 0 Å². The Morgan fingerprint density at radius 3 is 2.64 bits per heavy atom. The van der Waals surface area contributed by atoms with Gasteiger partial charge in [-0.2, -0.15) is 5.10 Å². The van der Waals surface area contributed by atoms with Crippen molar-refractivity contribution in [3.8, 4) is 22.7 Å². The number of hydrogen-bond acceptors (Lipinski definition) is 6. The number of rotatable bonds is 6. The van der Waals surface area contributed by atoms with Gasteiger partial charge >= 0.3 is 0 Å². The molecule has 28 heavy (non-hydrogen) atoms. The summed E-state index contributed by atoms with van der Waals surface area (Å²) in [7, 11) is 1.66. The van der Waals surface area contributed by atoms with Crippen molar-refractivity contribution in [3.05, 3.63) is 54.2 Å². The molecule has 1 aliphatic rings. The van der Waals surface area contributed by atoms with E-state index in [1.807, 2.05) is 54.3 Å². The van der Waals surface area contributed by atoms with Crippen LogP contribution in [0.5, 0.6) is 5.75 Å². The van der Waals surface area contributed by atoms with E-state index in [4.69, 9.17) is 14.5 Å². The van der Waals surface area contributed by atoms with Gasteiger partial charge in [0.15, 0.2) is 0 Å². The molecule has 7 heteroatoms. The molecule has 1 aromatic carbocycles. The molecule has 0 radical (unpaired) electrons. The minimum absolute atomic E-state index is 0.810. The first-order chi connectivity index (χ1) is 13.7. The van der Waals surface area contributed by atoms with E-state index in [0.717, 1.165) is 73.5 Å². The summed E-state index contributed by atoms with van der Waals surface area (Å²) in [5, 5.41) is 4.66. The second-order valence-electron chi connectivity index (χ2n) is 6.83. The maximum Gasteiger partial charge on any atom is 0.130 e. The highest BCUT2D eigenvalue weighted by Crippen LogP contribution is 2.23. The summed E-state index contributed by atoms with van der Waals surface area (Å²) in [5.74, 6) is 1.69. The van der Waals surface area contributed by atoms with Crippen LogP contribution in [0.25, 0.3) is 16.9 Å². The second kappa shape index (κ2) is 8.50. The summed E-state index contributed by atoms with van der Waals surface area (Å²) in [6.07, 6.45) is 4.69. The zero-order valence-corrected chi connectivity index (χ0v) is 16.3. The Morgan fingerprint density at radius 2 is 1.89 bits per heavy atom. The fourth-order valence-electron chi connectivity index (χ4n) is 3.33. The molecule has 0 N–H and O–H groups in total. The molecule has 146 valence electrons. The summed E-state index contributed by atoms with van der Waals surface area (Å²) >= 11 is 0. The maximum atomic E-state index is 5.40. The van der Waals surface area contributed by atoms with Gasteiger partial charge in [0.1, 0.15) is 11.6 Å². The molecule has 1 aliphatic heterocycles. The molecule has 0 unspecified atom stereocenters. The third kappa shape index (κ3) is 4.21. The van der Waals surface area contributed by atoms with Gasteiger partial charge in [-0.25, -0.2) is 14.6 Å². The number of nitrogens with zero attached hydrogens (tertiary/aromatic N) is 5. The monoisotopic (exact) mass is 379 g/mol. The van der Waals surface area contributed by atoms with Gasteiger partial charge in [-0.3, -0.25) is 4.90 Å². The number of morpholine rings is 1. The first-order valence-corrected chi connectivity index (χ1v) is 9.56. The molecule has 1 fully saturated rings. The van der Waals surface area contributed by atoms with E-state index >= 15 is 0 Å². The third-order valence-corrected chi connectivity index (χ3v) is 4.97. The van der Waals surface area contributed by atoms with Crippen LogP contribution in [0.15, 0.2) is 42.7 Å². The van der Waals surface area contributed by atoms with Crippen LogP contribution in [0, 0.1) is 6.92 Å². The van der Waals surface area contributed by atoms with Crippen molar-refractivity contribution in [2.75, 3.05) is 40.0 Å². The first-order valence-electron chi connectivity index (χ1n) is 9.56. The summed E-state index contributed by atoms with van der Waals surface area (Å²) in [6.45, 7) is 6.54. The molecule has 0 amide bonds. The standard InChI is InChI=1S/C21H25N5O2/c1-16-19(15-26(24-16)17-3-5-18(27-2)6-4-17)20-7-9-22-21(23-20)8-10-25-11-13-28-14-12-25/h3-7,9,15H,8,10-14H2,1-2H3. The average molecular weight is 379 g/mol. The highest BCUT2D eigenvalue weighted by Gasteiger charge is 2.13. The second-order valence-corrected chi connectivity index (χ2v) is 6.83. The van der Waals surface area contributed by atoms with E-state index < -0.39 is 0 Å². The Balaban J connectivity index is 1.51. The molecule has 7 nitrogen and oxygen atoms in total. The van der Waals surface area contributed by atoms with Gasteiger partial charge in [0.25, 0.3) is 0 Å². The molecular weight excluding hydrogens is 354 g/mol. The van der Waals surface area contributed by atoms with Crippen molar-refractivity contribution in [1.29, 1.82) is 0 Å². The topological polar surface area (TPSA) is 65.3 Å². The SMILES string of the molecule is COc1ccc(-n2cc(-c3ccnc(CCN4CCOCC4)n3)c(C)n2)cc1. The normalized spacial score (nSPS) is 14.9. The number of hydrogen-bond donors (Lipinski definition) is 0. The summed E-state index contributed by atoms with van der Waals surface area (Å²) < 4.78 is 12.5. The Bertz CT molecular complexity index is 917. The molecule has 0 saturated carbocycles.